The first-order valence-corrected chi connectivity index (χ1v) is 11.9. The fourth-order valence-electron chi connectivity index (χ4n) is 3.38. The van der Waals surface area contributed by atoms with Crippen LogP contribution in [0.5, 0.6) is 0 Å². The Balaban J connectivity index is 2.02. The predicted molar refractivity (Wildman–Crippen MR) is 120 cm³/mol. The summed E-state index contributed by atoms with van der Waals surface area (Å²) < 4.78 is 34.2. The van der Waals surface area contributed by atoms with E-state index in [-0.39, 0.29) is 4.90 Å². The normalized spacial score (nSPS) is 12.4. The molecule has 144 valence electrons. The van der Waals surface area contributed by atoms with Crippen molar-refractivity contribution in [1.82, 2.24) is 0 Å². The quantitative estimate of drug-likeness (QED) is 0.387. The molecule has 0 aromatic heterocycles. The molecule has 0 spiro atoms. The van der Waals surface area contributed by atoms with Gasteiger partial charge in [0, 0.05) is 5.30 Å². The Bertz CT molecular complexity index is 1220. The second-order valence-corrected chi connectivity index (χ2v) is 10.0. The van der Waals surface area contributed by atoms with Gasteiger partial charge in [0.05, 0.1) is 0 Å². The van der Waals surface area contributed by atoms with Crippen molar-refractivity contribution in [2.75, 3.05) is 0 Å². The minimum atomic E-state index is -4.36. The molecule has 4 aromatic rings. The summed E-state index contributed by atoms with van der Waals surface area (Å²) in [4.78, 5) is -0.0437. The predicted octanol–water partition coefficient (Wildman–Crippen LogP) is 4.36. The molecule has 29 heavy (non-hydrogen) atoms. The van der Waals surface area contributed by atoms with Gasteiger partial charge in [-0.15, -0.1) is 0 Å². The Morgan fingerprint density at radius 3 is 1.76 bits per heavy atom. The average Bonchev–Trinajstić information content (AvgIpc) is 2.75. The van der Waals surface area contributed by atoms with Crippen LogP contribution in [0.1, 0.15) is 0 Å². The SMILES string of the molecule is O=S(=O)(O)c1ccccc1P(c1ccccc1)c1ccccc1-c1ccccc1. The number of hydrogen-bond acceptors (Lipinski definition) is 2. The minimum Gasteiger partial charge on any atom is -0.282 e. The molecule has 4 rings (SSSR count). The molecule has 0 aliphatic carbocycles. The molecule has 5 heteroatoms. The van der Waals surface area contributed by atoms with Crippen LogP contribution in [0, 0.1) is 0 Å². The van der Waals surface area contributed by atoms with E-state index in [1.807, 2.05) is 84.9 Å². The van der Waals surface area contributed by atoms with Gasteiger partial charge in [0.1, 0.15) is 4.90 Å². The molecule has 0 bridgehead atoms. The lowest BCUT2D eigenvalue weighted by atomic mass is 10.1. The third kappa shape index (κ3) is 4.15. The standard InChI is InChI=1S/C24H19O3PS/c25-29(26,27)24-18-10-9-17-23(24)28(20-13-5-2-6-14-20)22-16-8-7-15-21(22)19-11-3-1-4-12-19/h1-18H,(H,25,26,27). The van der Waals surface area contributed by atoms with Crippen molar-refractivity contribution in [3.05, 3.63) is 109 Å². The van der Waals surface area contributed by atoms with Gasteiger partial charge < -0.3 is 0 Å². The van der Waals surface area contributed by atoms with Crippen molar-refractivity contribution in [2.24, 2.45) is 0 Å². The van der Waals surface area contributed by atoms with Crippen molar-refractivity contribution in [3.63, 3.8) is 0 Å². The van der Waals surface area contributed by atoms with Crippen LogP contribution in [0.4, 0.5) is 0 Å². The zero-order chi connectivity index (χ0) is 20.3. The molecule has 0 saturated carbocycles. The highest BCUT2D eigenvalue weighted by atomic mass is 32.2. The molecule has 3 nitrogen and oxygen atoms in total. The lowest BCUT2D eigenvalue weighted by Crippen LogP contribution is -2.25. The van der Waals surface area contributed by atoms with Crippen LogP contribution in [-0.2, 0) is 10.1 Å². The first-order chi connectivity index (χ1) is 14.1. The van der Waals surface area contributed by atoms with E-state index >= 15 is 0 Å². The fourth-order valence-corrected chi connectivity index (χ4v) is 7.07. The summed E-state index contributed by atoms with van der Waals surface area (Å²) in [6.45, 7) is 0. The highest BCUT2D eigenvalue weighted by Gasteiger charge is 2.26. The summed E-state index contributed by atoms with van der Waals surface area (Å²) in [5.74, 6) is 0. The second kappa shape index (κ2) is 8.30. The van der Waals surface area contributed by atoms with Gasteiger partial charge in [0.25, 0.3) is 10.1 Å². The number of rotatable bonds is 5. The maximum absolute atomic E-state index is 12.1. The Kier molecular flexibility index (Phi) is 5.59. The van der Waals surface area contributed by atoms with Crippen molar-refractivity contribution >= 4 is 34.0 Å². The van der Waals surface area contributed by atoms with Gasteiger partial charge in [-0.3, -0.25) is 4.55 Å². The summed E-state index contributed by atoms with van der Waals surface area (Å²) in [6, 6.07) is 34.7. The molecular formula is C24H19O3PS. The van der Waals surface area contributed by atoms with Crippen molar-refractivity contribution in [1.29, 1.82) is 0 Å². The summed E-state index contributed by atoms with van der Waals surface area (Å²) in [5, 5.41) is 2.66. The molecule has 1 unspecified atom stereocenters. The molecule has 1 N–H and O–H groups in total. The van der Waals surface area contributed by atoms with Crippen LogP contribution in [0.3, 0.4) is 0 Å². The third-order valence-electron chi connectivity index (χ3n) is 4.63. The molecule has 0 fully saturated rings. The van der Waals surface area contributed by atoms with Crippen LogP contribution < -0.4 is 15.9 Å². The van der Waals surface area contributed by atoms with Gasteiger partial charge in [0.15, 0.2) is 0 Å². The van der Waals surface area contributed by atoms with Crippen LogP contribution in [-0.4, -0.2) is 13.0 Å². The monoisotopic (exact) mass is 418 g/mol. The van der Waals surface area contributed by atoms with Gasteiger partial charge >= 0.3 is 0 Å². The number of hydrogen-bond donors (Lipinski definition) is 1. The molecule has 0 aliphatic heterocycles. The Hall–Kier alpha value is -2.78. The van der Waals surface area contributed by atoms with Crippen LogP contribution >= 0.6 is 7.92 Å². The second-order valence-electron chi connectivity index (χ2n) is 6.50. The molecule has 4 aromatic carbocycles. The van der Waals surface area contributed by atoms with Gasteiger partial charge in [-0.05, 0) is 35.7 Å². The van der Waals surface area contributed by atoms with Crippen molar-refractivity contribution in [3.8, 4) is 11.1 Å². The zero-order valence-corrected chi connectivity index (χ0v) is 17.2. The summed E-state index contributed by atoms with van der Waals surface area (Å²) in [6.07, 6.45) is 0. The Morgan fingerprint density at radius 2 is 1.10 bits per heavy atom. The van der Waals surface area contributed by atoms with E-state index in [1.54, 1.807) is 12.1 Å². The maximum Gasteiger partial charge on any atom is 0.295 e. The zero-order valence-electron chi connectivity index (χ0n) is 15.5. The first-order valence-electron chi connectivity index (χ1n) is 9.12. The lowest BCUT2D eigenvalue weighted by molar-refractivity contribution is 0.484. The molecule has 0 amide bonds. The van der Waals surface area contributed by atoms with E-state index in [1.165, 1.54) is 6.07 Å². The lowest BCUT2D eigenvalue weighted by Gasteiger charge is -2.24. The van der Waals surface area contributed by atoms with E-state index in [9.17, 15) is 13.0 Å². The molecule has 0 saturated heterocycles. The smallest absolute Gasteiger partial charge is 0.282 e. The van der Waals surface area contributed by atoms with Gasteiger partial charge in [0.2, 0.25) is 0 Å². The highest BCUT2D eigenvalue weighted by Crippen LogP contribution is 2.38. The highest BCUT2D eigenvalue weighted by molar-refractivity contribution is 7.88. The molecule has 1 atom stereocenters. The maximum atomic E-state index is 12.1. The topological polar surface area (TPSA) is 54.4 Å². The summed E-state index contributed by atoms with van der Waals surface area (Å²) in [5.41, 5.74) is 2.11. The average molecular weight is 418 g/mol. The molecular weight excluding hydrogens is 399 g/mol. The first kappa shape index (κ1) is 19.5. The van der Waals surface area contributed by atoms with E-state index < -0.39 is 18.0 Å². The van der Waals surface area contributed by atoms with Crippen LogP contribution in [0.25, 0.3) is 11.1 Å². The summed E-state index contributed by atoms with van der Waals surface area (Å²) in [7, 11) is -5.57. The van der Waals surface area contributed by atoms with Gasteiger partial charge in [-0.1, -0.05) is 103 Å². The third-order valence-corrected chi connectivity index (χ3v) is 8.25. The van der Waals surface area contributed by atoms with E-state index in [4.69, 9.17) is 0 Å². The van der Waals surface area contributed by atoms with Crippen LogP contribution in [0.2, 0.25) is 0 Å². The van der Waals surface area contributed by atoms with E-state index in [0.29, 0.717) is 5.30 Å². The minimum absolute atomic E-state index is 0.0437. The molecule has 0 radical (unpaired) electrons. The number of benzene rings is 4. The largest absolute Gasteiger partial charge is 0.295 e. The Morgan fingerprint density at radius 1 is 0.586 bits per heavy atom. The Labute approximate surface area is 172 Å². The van der Waals surface area contributed by atoms with Crippen LogP contribution in [0.15, 0.2) is 114 Å². The molecule has 0 heterocycles. The van der Waals surface area contributed by atoms with Gasteiger partial charge in [-0.2, -0.15) is 8.42 Å². The van der Waals surface area contributed by atoms with E-state index in [0.717, 1.165) is 21.7 Å². The summed E-state index contributed by atoms with van der Waals surface area (Å²) >= 11 is 0. The van der Waals surface area contributed by atoms with Crippen molar-refractivity contribution < 1.29 is 13.0 Å². The van der Waals surface area contributed by atoms with Gasteiger partial charge in [-0.25, -0.2) is 0 Å². The molecule has 0 aliphatic rings. The van der Waals surface area contributed by atoms with E-state index in [2.05, 4.69) is 6.07 Å². The van der Waals surface area contributed by atoms with Crippen molar-refractivity contribution in [2.45, 2.75) is 4.90 Å². The fraction of sp³-hybridized carbons (Fsp3) is 0.